The SMILES string of the molecule is CNC1CCCN(c2cccc3cnccc23)C1=O. The molecule has 1 aliphatic heterocycles. The lowest BCUT2D eigenvalue weighted by atomic mass is 10.0. The van der Waals surface area contributed by atoms with Crippen molar-refractivity contribution in [3.05, 3.63) is 36.7 Å². The van der Waals surface area contributed by atoms with Crippen LogP contribution in [0.5, 0.6) is 0 Å². The molecule has 1 aromatic heterocycles. The number of likely N-dealkylation sites (N-methyl/N-ethyl adjacent to an activating group) is 1. The second kappa shape index (κ2) is 4.97. The highest BCUT2D eigenvalue weighted by Gasteiger charge is 2.29. The number of nitrogens with zero attached hydrogens (tertiary/aromatic N) is 2. The number of carbonyl (C=O) groups is 1. The Bertz CT molecular complexity index is 606. The highest BCUT2D eigenvalue weighted by Crippen LogP contribution is 2.28. The number of rotatable bonds is 2. The normalized spacial score (nSPS) is 19.9. The predicted molar refractivity (Wildman–Crippen MR) is 76.2 cm³/mol. The smallest absolute Gasteiger partial charge is 0.244 e. The molecule has 1 fully saturated rings. The minimum Gasteiger partial charge on any atom is -0.310 e. The number of piperidine rings is 1. The summed E-state index contributed by atoms with van der Waals surface area (Å²) in [5, 5.41) is 5.25. The van der Waals surface area contributed by atoms with Crippen LogP contribution in [0.2, 0.25) is 0 Å². The Morgan fingerprint density at radius 1 is 1.37 bits per heavy atom. The summed E-state index contributed by atoms with van der Waals surface area (Å²) >= 11 is 0. The second-order valence-electron chi connectivity index (χ2n) is 4.85. The van der Waals surface area contributed by atoms with E-state index in [0.717, 1.165) is 35.8 Å². The van der Waals surface area contributed by atoms with Crippen molar-refractivity contribution in [2.45, 2.75) is 18.9 Å². The third kappa shape index (κ3) is 2.08. The number of fused-ring (bicyclic) bond motifs is 1. The molecule has 1 amide bonds. The number of carbonyl (C=O) groups excluding carboxylic acids is 1. The second-order valence-corrected chi connectivity index (χ2v) is 4.85. The molecule has 4 nitrogen and oxygen atoms in total. The van der Waals surface area contributed by atoms with E-state index >= 15 is 0 Å². The molecular weight excluding hydrogens is 238 g/mol. The summed E-state index contributed by atoms with van der Waals surface area (Å²) in [4.78, 5) is 18.5. The first-order valence-corrected chi connectivity index (χ1v) is 6.62. The number of amides is 1. The zero-order chi connectivity index (χ0) is 13.2. The van der Waals surface area contributed by atoms with E-state index in [2.05, 4.69) is 10.3 Å². The van der Waals surface area contributed by atoms with Crippen LogP contribution in [0.3, 0.4) is 0 Å². The minimum atomic E-state index is -0.0640. The van der Waals surface area contributed by atoms with Gasteiger partial charge in [-0.1, -0.05) is 12.1 Å². The molecule has 1 saturated heterocycles. The average Bonchev–Trinajstić information content (AvgIpc) is 2.47. The van der Waals surface area contributed by atoms with Gasteiger partial charge in [0.2, 0.25) is 5.91 Å². The molecule has 0 spiro atoms. The molecule has 1 aromatic carbocycles. The number of hydrogen-bond donors (Lipinski definition) is 1. The van der Waals surface area contributed by atoms with Crippen LogP contribution in [-0.2, 0) is 4.79 Å². The average molecular weight is 255 g/mol. The quantitative estimate of drug-likeness (QED) is 0.892. The molecule has 1 aliphatic rings. The summed E-state index contributed by atoms with van der Waals surface area (Å²) in [5.41, 5.74) is 0.991. The van der Waals surface area contributed by atoms with E-state index in [9.17, 15) is 4.79 Å². The minimum absolute atomic E-state index is 0.0640. The first-order chi connectivity index (χ1) is 9.31. The molecular formula is C15H17N3O. The van der Waals surface area contributed by atoms with Crippen LogP contribution < -0.4 is 10.2 Å². The molecule has 0 radical (unpaired) electrons. The van der Waals surface area contributed by atoms with Gasteiger partial charge in [-0.05, 0) is 32.0 Å². The Balaban J connectivity index is 2.06. The van der Waals surface area contributed by atoms with Crippen molar-refractivity contribution < 1.29 is 4.79 Å². The molecule has 1 unspecified atom stereocenters. The number of nitrogens with one attached hydrogen (secondary N) is 1. The van der Waals surface area contributed by atoms with Crippen LogP contribution >= 0.6 is 0 Å². The first-order valence-electron chi connectivity index (χ1n) is 6.62. The molecule has 2 heterocycles. The summed E-state index contributed by atoms with van der Waals surface area (Å²) in [6.07, 6.45) is 5.55. The summed E-state index contributed by atoms with van der Waals surface area (Å²) in [6, 6.07) is 7.93. The summed E-state index contributed by atoms with van der Waals surface area (Å²) in [7, 11) is 1.85. The van der Waals surface area contributed by atoms with Crippen LogP contribution in [0, 0.1) is 0 Å². The monoisotopic (exact) mass is 255 g/mol. The van der Waals surface area contributed by atoms with Gasteiger partial charge < -0.3 is 10.2 Å². The maximum atomic E-state index is 12.4. The Hall–Kier alpha value is -1.94. The largest absolute Gasteiger partial charge is 0.310 e. The standard InChI is InChI=1S/C15H17N3O/c1-16-13-5-3-9-18(15(13)19)14-6-2-4-11-10-17-8-7-12(11)14/h2,4,6-8,10,13,16H,3,5,9H2,1H3. The van der Waals surface area contributed by atoms with Gasteiger partial charge in [0.25, 0.3) is 0 Å². The maximum absolute atomic E-state index is 12.4. The molecule has 0 bridgehead atoms. The van der Waals surface area contributed by atoms with E-state index in [1.165, 1.54) is 0 Å². The van der Waals surface area contributed by atoms with Gasteiger partial charge in [0.15, 0.2) is 0 Å². The van der Waals surface area contributed by atoms with Crippen LogP contribution in [0.1, 0.15) is 12.8 Å². The summed E-state index contributed by atoms with van der Waals surface area (Å²) in [5.74, 6) is 0.165. The molecule has 1 N–H and O–H groups in total. The lowest BCUT2D eigenvalue weighted by Crippen LogP contribution is -2.49. The van der Waals surface area contributed by atoms with Crippen molar-refractivity contribution >= 4 is 22.4 Å². The van der Waals surface area contributed by atoms with Gasteiger partial charge in [0.1, 0.15) is 0 Å². The molecule has 0 saturated carbocycles. The molecule has 2 aromatic rings. The van der Waals surface area contributed by atoms with E-state index in [1.54, 1.807) is 6.20 Å². The van der Waals surface area contributed by atoms with Crippen molar-refractivity contribution in [3.8, 4) is 0 Å². The molecule has 1 atom stereocenters. The molecule has 0 aliphatic carbocycles. The molecule has 3 rings (SSSR count). The van der Waals surface area contributed by atoms with Crippen LogP contribution in [0.15, 0.2) is 36.7 Å². The Labute approximate surface area is 112 Å². The predicted octanol–water partition coefficient (Wildman–Crippen LogP) is 1.95. The Morgan fingerprint density at radius 2 is 2.26 bits per heavy atom. The fraction of sp³-hybridized carbons (Fsp3) is 0.333. The molecule has 98 valence electrons. The van der Waals surface area contributed by atoms with Crippen molar-refractivity contribution in [1.82, 2.24) is 10.3 Å². The number of aromatic nitrogens is 1. The van der Waals surface area contributed by atoms with Gasteiger partial charge in [0, 0.05) is 29.7 Å². The van der Waals surface area contributed by atoms with Gasteiger partial charge in [-0.3, -0.25) is 9.78 Å². The number of anilines is 1. The van der Waals surface area contributed by atoms with Gasteiger partial charge in [0.05, 0.1) is 11.7 Å². The number of hydrogen-bond acceptors (Lipinski definition) is 3. The lowest BCUT2D eigenvalue weighted by Gasteiger charge is -2.32. The summed E-state index contributed by atoms with van der Waals surface area (Å²) in [6.45, 7) is 0.790. The zero-order valence-corrected chi connectivity index (χ0v) is 11.0. The van der Waals surface area contributed by atoms with Crippen molar-refractivity contribution in [2.75, 3.05) is 18.5 Å². The number of benzene rings is 1. The molecule has 19 heavy (non-hydrogen) atoms. The van der Waals surface area contributed by atoms with Gasteiger partial charge in [-0.2, -0.15) is 0 Å². The van der Waals surface area contributed by atoms with Crippen molar-refractivity contribution in [3.63, 3.8) is 0 Å². The van der Waals surface area contributed by atoms with E-state index in [4.69, 9.17) is 0 Å². The summed E-state index contributed by atoms with van der Waals surface area (Å²) < 4.78 is 0. The fourth-order valence-corrected chi connectivity index (χ4v) is 2.72. The van der Waals surface area contributed by atoms with Crippen molar-refractivity contribution in [1.29, 1.82) is 0 Å². The van der Waals surface area contributed by atoms with Crippen LogP contribution in [-0.4, -0.2) is 30.5 Å². The van der Waals surface area contributed by atoms with Crippen molar-refractivity contribution in [2.24, 2.45) is 0 Å². The van der Waals surface area contributed by atoms with Gasteiger partial charge in [-0.25, -0.2) is 0 Å². The topological polar surface area (TPSA) is 45.2 Å². The maximum Gasteiger partial charge on any atom is 0.244 e. The van der Waals surface area contributed by atoms with Crippen LogP contribution in [0.25, 0.3) is 10.8 Å². The van der Waals surface area contributed by atoms with Gasteiger partial charge in [-0.15, -0.1) is 0 Å². The highest BCUT2D eigenvalue weighted by molar-refractivity contribution is 6.05. The third-order valence-corrected chi connectivity index (χ3v) is 3.74. The zero-order valence-electron chi connectivity index (χ0n) is 11.0. The highest BCUT2D eigenvalue weighted by atomic mass is 16.2. The van der Waals surface area contributed by atoms with E-state index in [1.807, 2.05) is 42.4 Å². The van der Waals surface area contributed by atoms with E-state index < -0.39 is 0 Å². The first kappa shape index (κ1) is 12.1. The fourth-order valence-electron chi connectivity index (χ4n) is 2.72. The van der Waals surface area contributed by atoms with E-state index in [-0.39, 0.29) is 11.9 Å². The van der Waals surface area contributed by atoms with Gasteiger partial charge >= 0.3 is 0 Å². The number of pyridine rings is 1. The Kier molecular flexibility index (Phi) is 3.17. The molecule has 4 heteroatoms. The lowest BCUT2D eigenvalue weighted by molar-refractivity contribution is -0.121. The van der Waals surface area contributed by atoms with E-state index in [0.29, 0.717) is 0 Å². The Morgan fingerprint density at radius 3 is 3.11 bits per heavy atom. The van der Waals surface area contributed by atoms with Crippen LogP contribution in [0.4, 0.5) is 5.69 Å². The third-order valence-electron chi connectivity index (χ3n) is 3.74.